The average molecular weight is 733 g/mol. The molecule has 0 bridgehead atoms. The first-order valence-electron chi connectivity index (χ1n) is 19.0. The molecule has 278 valence electrons. The Hall–Kier alpha value is -6.78. The standard InChI is InChI=1S/C52H48N2O2/c1-37-10-32-51(39(3)34-37)53(45-22-16-41(17-23-45)12-13-43-20-30-49(55-5)31-21-43)47-26-28-48(29-27-47)54(52-33-11-38(2)35-40(52)4)46-24-18-42(19-25-46)14-15-44-8-7-9-50(36-44)56-6/h7-36H,1-6H3/b13-12+,15-14+. The van der Waals surface area contributed by atoms with Crippen LogP contribution in [0, 0.1) is 27.7 Å². The molecule has 0 aliphatic rings. The van der Waals surface area contributed by atoms with Gasteiger partial charge >= 0.3 is 0 Å². The normalized spacial score (nSPS) is 11.2. The fourth-order valence-electron chi connectivity index (χ4n) is 7.03. The van der Waals surface area contributed by atoms with E-state index in [0.29, 0.717) is 0 Å². The molecule has 0 unspecified atom stereocenters. The number of rotatable bonds is 12. The predicted octanol–water partition coefficient (Wildman–Crippen LogP) is 14.2. The summed E-state index contributed by atoms with van der Waals surface area (Å²) >= 11 is 0. The van der Waals surface area contributed by atoms with Gasteiger partial charge in [-0.15, -0.1) is 0 Å². The van der Waals surface area contributed by atoms with E-state index in [1.165, 1.54) is 22.3 Å². The van der Waals surface area contributed by atoms with E-state index in [1.54, 1.807) is 14.2 Å². The number of aryl methyl sites for hydroxylation is 4. The second-order valence-corrected chi connectivity index (χ2v) is 14.2. The van der Waals surface area contributed by atoms with Gasteiger partial charge in [-0.1, -0.05) is 108 Å². The van der Waals surface area contributed by atoms with Crippen molar-refractivity contribution in [2.45, 2.75) is 27.7 Å². The summed E-state index contributed by atoms with van der Waals surface area (Å²) in [4.78, 5) is 4.69. The molecule has 0 N–H and O–H groups in total. The zero-order chi connectivity index (χ0) is 39.0. The van der Waals surface area contributed by atoms with Crippen molar-refractivity contribution in [1.29, 1.82) is 0 Å². The molecule has 7 aromatic carbocycles. The van der Waals surface area contributed by atoms with Gasteiger partial charge in [0.05, 0.1) is 14.2 Å². The highest BCUT2D eigenvalue weighted by Gasteiger charge is 2.18. The molecule has 0 aromatic heterocycles. The van der Waals surface area contributed by atoms with Gasteiger partial charge in [0.25, 0.3) is 0 Å². The summed E-state index contributed by atoms with van der Waals surface area (Å²) < 4.78 is 10.7. The Kier molecular flexibility index (Phi) is 11.5. The third kappa shape index (κ3) is 8.77. The number of ether oxygens (including phenoxy) is 2. The molecule has 0 atom stereocenters. The second-order valence-electron chi connectivity index (χ2n) is 14.2. The molecule has 0 amide bonds. The quantitative estimate of drug-likeness (QED) is 0.117. The largest absolute Gasteiger partial charge is 0.497 e. The lowest BCUT2D eigenvalue weighted by Gasteiger charge is -2.30. The third-order valence-corrected chi connectivity index (χ3v) is 10.0. The van der Waals surface area contributed by atoms with Gasteiger partial charge in [0.15, 0.2) is 0 Å². The highest BCUT2D eigenvalue weighted by molar-refractivity contribution is 5.84. The van der Waals surface area contributed by atoms with Gasteiger partial charge in [-0.25, -0.2) is 0 Å². The van der Waals surface area contributed by atoms with E-state index in [2.05, 4.69) is 189 Å². The molecule has 7 aromatic rings. The van der Waals surface area contributed by atoms with Crippen molar-refractivity contribution >= 4 is 58.4 Å². The number of nitrogens with zero attached hydrogens (tertiary/aromatic N) is 2. The fourth-order valence-corrected chi connectivity index (χ4v) is 7.03. The highest BCUT2D eigenvalue weighted by Crippen LogP contribution is 2.41. The summed E-state index contributed by atoms with van der Waals surface area (Å²) in [5.41, 5.74) is 16.0. The van der Waals surface area contributed by atoms with Crippen LogP contribution >= 0.6 is 0 Å². The van der Waals surface area contributed by atoms with E-state index in [9.17, 15) is 0 Å². The van der Waals surface area contributed by atoms with Crippen molar-refractivity contribution < 1.29 is 9.47 Å². The lowest BCUT2D eigenvalue weighted by Crippen LogP contribution is -2.13. The van der Waals surface area contributed by atoms with Crippen molar-refractivity contribution in [2.24, 2.45) is 0 Å². The molecular weight excluding hydrogens is 685 g/mol. The first-order valence-corrected chi connectivity index (χ1v) is 19.0. The Bertz CT molecular complexity index is 2460. The van der Waals surface area contributed by atoms with Gasteiger partial charge < -0.3 is 19.3 Å². The molecule has 0 aliphatic carbocycles. The van der Waals surface area contributed by atoms with Gasteiger partial charge in [-0.2, -0.15) is 0 Å². The van der Waals surface area contributed by atoms with Crippen LogP contribution in [-0.2, 0) is 0 Å². The fraction of sp³-hybridized carbons (Fsp3) is 0.115. The van der Waals surface area contributed by atoms with E-state index in [1.807, 2.05) is 30.3 Å². The Morgan fingerprint density at radius 3 is 1.12 bits per heavy atom. The van der Waals surface area contributed by atoms with Crippen molar-refractivity contribution in [2.75, 3.05) is 24.0 Å². The maximum atomic E-state index is 5.41. The predicted molar refractivity (Wildman–Crippen MR) is 239 cm³/mol. The van der Waals surface area contributed by atoms with E-state index in [4.69, 9.17) is 9.47 Å². The molecule has 0 radical (unpaired) electrons. The topological polar surface area (TPSA) is 24.9 Å². The van der Waals surface area contributed by atoms with Gasteiger partial charge in [0.2, 0.25) is 0 Å². The molecule has 0 saturated heterocycles. The van der Waals surface area contributed by atoms with Gasteiger partial charge in [-0.3, -0.25) is 0 Å². The smallest absolute Gasteiger partial charge is 0.119 e. The van der Waals surface area contributed by atoms with Crippen LogP contribution in [0.5, 0.6) is 11.5 Å². The summed E-state index contributed by atoms with van der Waals surface area (Å²) in [6, 6.07) is 55.9. The SMILES string of the molecule is COc1ccc(/C=C/c2ccc(N(c3ccc(N(c4ccc(/C=C/c5cccc(OC)c5)cc4)c4ccc(C)cc4C)cc3)c3ccc(C)cc3C)cc2)cc1. The minimum absolute atomic E-state index is 0.849. The Morgan fingerprint density at radius 1 is 0.357 bits per heavy atom. The van der Waals surface area contributed by atoms with Crippen molar-refractivity contribution in [1.82, 2.24) is 0 Å². The first kappa shape index (κ1) is 37.5. The van der Waals surface area contributed by atoms with Crippen molar-refractivity contribution in [3.05, 3.63) is 202 Å². The number of benzene rings is 7. The summed E-state index contributed by atoms with van der Waals surface area (Å²) in [7, 11) is 3.38. The number of hydrogen-bond donors (Lipinski definition) is 0. The van der Waals surface area contributed by atoms with E-state index in [0.717, 1.165) is 67.9 Å². The van der Waals surface area contributed by atoms with Crippen LogP contribution in [-0.4, -0.2) is 14.2 Å². The van der Waals surface area contributed by atoms with Crippen LogP contribution in [0.1, 0.15) is 44.5 Å². The number of anilines is 6. The summed E-state index contributed by atoms with van der Waals surface area (Å²) in [5, 5.41) is 0. The lowest BCUT2D eigenvalue weighted by molar-refractivity contribution is 0.414. The Morgan fingerprint density at radius 2 is 0.732 bits per heavy atom. The zero-order valence-corrected chi connectivity index (χ0v) is 33.0. The monoisotopic (exact) mass is 732 g/mol. The number of methoxy groups -OCH3 is 2. The van der Waals surface area contributed by atoms with E-state index < -0.39 is 0 Å². The summed E-state index contributed by atoms with van der Waals surface area (Å²) in [6.45, 7) is 8.66. The van der Waals surface area contributed by atoms with Crippen molar-refractivity contribution in [3.8, 4) is 11.5 Å². The highest BCUT2D eigenvalue weighted by atomic mass is 16.5. The van der Waals surface area contributed by atoms with Crippen LogP contribution in [0.25, 0.3) is 24.3 Å². The molecule has 0 aliphatic heterocycles. The maximum absolute atomic E-state index is 5.41. The average Bonchev–Trinajstić information content (AvgIpc) is 3.22. The molecule has 0 spiro atoms. The van der Waals surface area contributed by atoms with Gasteiger partial charge in [-0.05, 0) is 146 Å². The maximum Gasteiger partial charge on any atom is 0.119 e. The molecule has 7 rings (SSSR count). The molecule has 0 fully saturated rings. The molecule has 0 saturated carbocycles. The van der Waals surface area contributed by atoms with Crippen molar-refractivity contribution in [3.63, 3.8) is 0 Å². The second kappa shape index (κ2) is 17.1. The van der Waals surface area contributed by atoms with Crippen LogP contribution in [0.3, 0.4) is 0 Å². The Balaban J connectivity index is 1.21. The lowest BCUT2D eigenvalue weighted by atomic mass is 10.1. The van der Waals surface area contributed by atoms with Crippen LogP contribution < -0.4 is 19.3 Å². The molecule has 4 heteroatoms. The molecular formula is C52H48N2O2. The van der Waals surface area contributed by atoms with Crippen LogP contribution in [0.4, 0.5) is 34.1 Å². The third-order valence-electron chi connectivity index (χ3n) is 10.0. The zero-order valence-electron chi connectivity index (χ0n) is 33.0. The Labute approximate surface area is 332 Å². The number of hydrogen-bond acceptors (Lipinski definition) is 4. The van der Waals surface area contributed by atoms with E-state index in [-0.39, 0.29) is 0 Å². The first-order chi connectivity index (χ1) is 27.3. The van der Waals surface area contributed by atoms with Gasteiger partial charge in [0, 0.05) is 34.1 Å². The van der Waals surface area contributed by atoms with E-state index >= 15 is 0 Å². The summed E-state index contributed by atoms with van der Waals surface area (Å²) in [6.07, 6.45) is 8.53. The van der Waals surface area contributed by atoms with Gasteiger partial charge in [0.1, 0.15) is 11.5 Å². The molecule has 56 heavy (non-hydrogen) atoms. The molecule has 0 heterocycles. The minimum Gasteiger partial charge on any atom is -0.497 e. The molecule has 4 nitrogen and oxygen atoms in total. The summed E-state index contributed by atoms with van der Waals surface area (Å²) in [5.74, 6) is 1.70. The van der Waals surface area contributed by atoms with Crippen LogP contribution in [0.15, 0.2) is 158 Å². The minimum atomic E-state index is 0.849. The van der Waals surface area contributed by atoms with Crippen LogP contribution in [0.2, 0.25) is 0 Å².